The van der Waals surface area contributed by atoms with Crippen LogP contribution < -0.4 is 4.90 Å². The van der Waals surface area contributed by atoms with Gasteiger partial charge in [-0.3, -0.25) is 9.78 Å². The molecule has 148 valence electrons. The van der Waals surface area contributed by atoms with Crippen LogP contribution in [0, 0.1) is 0 Å². The Hall–Kier alpha value is -2.54. The summed E-state index contributed by atoms with van der Waals surface area (Å²) >= 11 is 0. The minimum atomic E-state index is -0.0908. The van der Waals surface area contributed by atoms with E-state index in [1.54, 1.807) is 12.3 Å². The van der Waals surface area contributed by atoms with Crippen LogP contribution in [0.2, 0.25) is 0 Å². The fourth-order valence-electron chi connectivity index (χ4n) is 4.15. The predicted molar refractivity (Wildman–Crippen MR) is 108 cm³/mol. The summed E-state index contributed by atoms with van der Waals surface area (Å²) in [5, 5.41) is 0. The number of carbonyl (C=O) groups is 1. The lowest BCUT2D eigenvalue weighted by Crippen LogP contribution is -2.40. The number of carbonyl (C=O) groups excluding carboxylic acids is 1. The Morgan fingerprint density at radius 2 is 2.04 bits per heavy atom. The van der Waals surface area contributed by atoms with Crippen molar-refractivity contribution in [3.63, 3.8) is 0 Å². The van der Waals surface area contributed by atoms with Gasteiger partial charge in [0.2, 0.25) is 0 Å². The third-order valence-corrected chi connectivity index (χ3v) is 5.62. The standard InChI is InChI=1S/C21H28N6O/c1-25(2)20-15-14-26(3)13-10-16(15)23-19(24-20)18-9-5-7-12-27(18)21(28)17-8-4-6-11-22-17/h4,6,8,11,18H,5,7,9-10,12-14H2,1-3H3/t18-/m1/s1. The smallest absolute Gasteiger partial charge is 0.273 e. The third kappa shape index (κ3) is 3.58. The number of nitrogens with zero attached hydrogens (tertiary/aromatic N) is 6. The van der Waals surface area contributed by atoms with Crippen LogP contribution in [0.5, 0.6) is 0 Å². The Kier molecular flexibility index (Phi) is 5.26. The lowest BCUT2D eigenvalue weighted by molar-refractivity contribution is 0.0593. The zero-order chi connectivity index (χ0) is 19.7. The van der Waals surface area contributed by atoms with E-state index in [1.165, 1.54) is 5.56 Å². The van der Waals surface area contributed by atoms with Gasteiger partial charge in [0.05, 0.1) is 11.7 Å². The molecule has 2 aliphatic heterocycles. The number of piperidine rings is 1. The summed E-state index contributed by atoms with van der Waals surface area (Å²) in [6, 6.07) is 5.38. The van der Waals surface area contributed by atoms with E-state index >= 15 is 0 Å². The van der Waals surface area contributed by atoms with E-state index in [9.17, 15) is 4.79 Å². The highest BCUT2D eigenvalue weighted by molar-refractivity contribution is 5.92. The van der Waals surface area contributed by atoms with Crippen LogP contribution in [-0.2, 0) is 13.0 Å². The second kappa shape index (κ2) is 7.83. The van der Waals surface area contributed by atoms with Gasteiger partial charge in [0, 0.05) is 51.9 Å². The number of pyridine rings is 1. The molecule has 0 aromatic carbocycles. The van der Waals surface area contributed by atoms with E-state index in [2.05, 4.69) is 21.8 Å². The SMILES string of the molecule is CN1CCc2nc([C@H]3CCCCN3C(=O)c3ccccn3)nc(N(C)C)c2C1. The Balaban J connectivity index is 1.72. The van der Waals surface area contributed by atoms with Gasteiger partial charge in [-0.05, 0) is 38.4 Å². The van der Waals surface area contributed by atoms with E-state index in [0.29, 0.717) is 5.69 Å². The molecule has 1 amide bonds. The van der Waals surface area contributed by atoms with Crippen molar-refractivity contribution in [2.24, 2.45) is 0 Å². The number of likely N-dealkylation sites (tertiary alicyclic amines) is 1. The quantitative estimate of drug-likeness (QED) is 0.814. The maximum absolute atomic E-state index is 13.1. The maximum Gasteiger partial charge on any atom is 0.273 e. The monoisotopic (exact) mass is 380 g/mol. The van der Waals surface area contributed by atoms with Crippen molar-refractivity contribution < 1.29 is 4.79 Å². The third-order valence-electron chi connectivity index (χ3n) is 5.62. The largest absolute Gasteiger partial charge is 0.362 e. The van der Waals surface area contributed by atoms with E-state index in [1.807, 2.05) is 31.1 Å². The normalized spacial score (nSPS) is 20.0. The molecule has 0 radical (unpaired) electrons. The van der Waals surface area contributed by atoms with Crippen LogP contribution in [0.4, 0.5) is 5.82 Å². The first-order chi connectivity index (χ1) is 13.5. The first-order valence-corrected chi connectivity index (χ1v) is 10.0. The highest BCUT2D eigenvalue weighted by atomic mass is 16.2. The molecular weight excluding hydrogens is 352 g/mol. The minimum Gasteiger partial charge on any atom is -0.362 e. The van der Waals surface area contributed by atoms with Gasteiger partial charge in [-0.2, -0.15) is 0 Å². The summed E-state index contributed by atoms with van der Waals surface area (Å²) in [6.45, 7) is 2.59. The lowest BCUT2D eigenvalue weighted by Gasteiger charge is -2.36. The zero-order valence-electron chi connectivity index (χ0n) is 16.9. The average molecular weight is 380 g/mol. The molecule has 4 heterocycles. The summed E-state index contributed by atoms with van der Waals surface area (Å²) in [6.07, 6.45) is 5.57. The van der Waals surface area contributed by atoms with Gasteiger partial charge in [-0.15, -0.1) is 0 Å². The van der Waals surface area contributed by atoms with E-state index in [0.717, 1.165) is 62.7 Å². The van der Waals surface area contributed by atoms with Crippen molar-refractivity contribution in [2.45, 2.75) is 38.3 Å². The summed E-state index contributed by atoms with van der Waals surface area (Å²) in [5.41, 5.74) is 2.82. The molecule has 7 heteroatoms. The van der Waals surface area contributed by atoms with Crippen LogP contribution >= 0.6 is 0 Å². The second-order valence-corrected chi connectivity index (χ2v) is 7.94. The molecule has 0 spiro atoms. The molecule has 0 unspecified atom stereocenters. The number of anilines is 1. The van der Waals surface area contributed by atoms with E-state index in [4.69, 9.17) is 9.97 Å². The first kappa shape index (κ1) is 18.8. The Morgan fingerprint density at radius 1 is 1.18 bits per heavy atom. The lowest BCUT2D eigenvalue weighted by atomic mass is 9.99. The Labute approximate surface area is 166 Å². The van der Waals surface area contributed by atoms with Gasteiger partial charge in [-0.1, -0.05) is 6.07 Å². The number of hydrogen-bond acceptors (Lipinski definition) is 6. The molecule has 28 heavy (non-hydrogen) atoms. The molecule has 0 bridgehead atoms. The topological polar surface area (TPSA) is 65.5 Å². The van der Waals surface area contributed by atoms with Crippen molar-refractivity contribution in [1.29, 1.82) is 0 Å². The highest BCUT2D eigenvalue weighted by Gasteiger charge is 2.33. The van der Waals surface area contributed by atoms with Crippen LogP contribution in [0.1, 0.15) is 52.9 Å². The fraction of sp³-hybridized carbons (Fsp3) is 0.524. The van der Waals surface area contributed by atoms with Crippen molar-refractivity contribution in [3.8, 4) is 0 Å². The molecule has 1 fully saturated rings. The van der Waals surface area contributed by atoms with Gasteiger partial charge in [0.15, 0.2) is 5.82 Å². The second-order valence-electron chi connectivity index (χ2n) is 7.94. The summed E-state index contributed by atoms with van der Waals surface area (Å²) in [7, 11) is 6.18. The Bertz CT molecular complexity index is 853. The molecule has 2 aromatic rings. The van der Waals surface area contributed by atoms with Crippen LogP contribution in [-0.4, -0.2) is 64.9 Å². The molecule has 7 nitrogen and oxygen atoms in total. The minimum absolute atomic E-state index is 0.0299. The van der Waals surface area contributed by atoms with Crippen molar-refractivity contribution in [2.75, 3.05) is 39.1 Å². The first-order valence-electron chi connectivity index (χ1n) is 10.0. The number of aromatic nitrogens is 3. The molecule has 0 saturated carbocycles. The maximum atomic E-state index is 13.1. The van der Waals surface area contributed by atoms with Crippen molar-refractivity contribution in [1.82, 2.24) is 24.8 Å². The Morgan fingerprint density at radius 3 is 2.79 bits per heavy atom. The number of likely N-dealkylation sites (N-methyl/N-ethyl adjacent to an activating group) is 1. The molecule has 1 saturated heterocycles. The summed E-state index contributed by atoms with van der Waals surface area (Å²) in [4.78, 5) is 33.6. The predicted octanol–water partition coefficient (Wildman–Crippen LogP) is 2.29. The van der Waals surface area contributed by atoms with E-state index < -0.39 is 0 Å². The summed E-state index contributed by atoms with van der Waals surface area (Å²) < 4.78 is 0. The van der Waals surface area contributed by atoms with Gasteiger partial charge in [0.1, 0.15) is 11.5 Å². The van der Waals surface area contributed by atoms with Crippen LogP contribution in [0.25, 0.3) is 0 Å². The summed E-state index contributed by atoms with van der Waals surface area (Å²) in [5.74, 6) is 1.72. The fourth-order valence-corrected chi connectivity index (χ4v) is 4.15. The molecule has 0 N–H and O–H groups in total. The zero-order valence-corrected chi connectivity index (χ0v) is 16.9. The molecule has 2 aliphatic rings. The molecule has 2 aromatic heterocycles. The molecule has 1 atom stereocenters. The number of rotatable bonds is 3. The van der Waals surface area contributed by atoms with Crippen molar-refractivity contribution in [3.05, 3.63) is 47.2 Å². The number of fused-ring (bicyclic) bond motifs is 1. The van der Waals surface area contributed by atoms with Gasteiger partial charge in [-0.25, -0.2) is 9.97 Å². The average Bonchev–Trinajstić information content (AvgIpc) is 2.73. The number of hydrogen-bond donors (Lipinski definition) is 0. The van der Waals surface area contributed by atoms with E-state index in [-0.39, 0.29) is 11.9 Å². The van der Waals surface area contributed by atoms with Gasteiger partial charge >= 0.3 is 0 Å². The van der Waals surface area contributed by atoms with Gasteiger partial charge < -0.3 is 14.7 Å². The number of amides is 1. The molecule has 0 aliphatic carbocycles. The van der Waals surface area contributed by atoms with Crippen molar-refractivity contribution >= 4 is 11.7 Å². The van der Waals surface area contributed by atoms with Crippen LogP contribution in [0.15, 0.2) is 24.4 Å². The molecule has 4 rings (SSSR count). The molecular formula is C21H28N6O. The highest BCUT2D eigenvalue weighted by Crippen LogP contribution is 2.33. The van der Waals surface area contributed by atoms with Gasteiger partial charge in [0.25, 0.3) is 5.91 Å². The van der Waals surface area contributed by atoms with Crippen LogP contribution in [0.3, 0.4) is 0 Å².